The topological polar surface area (TPSA) is 12.4 Å². The molecule has 0 heterocycles. The van der Waals surface area contributed by atoms with Gasteiger partial charge in [-0.15, -0.1) is 0 Å². The molecule has 0 spiro atoms. The van der Waals surface area contributed by atoms with E-state index in [2.05, 4.69) is 32.4 Å². The van der Waals surface area contributed by atoms with Crippen LogP contribution in [0.4, 0.5) is 0 Å². The van der Waals surface area contributed by atoms with Crippen molar-refractivity contribution in [3.05, 3.63) is 0 Å². The second kappa shape index (κ2) is 4.67. The van der Waals surface area contributed by atoms with E-state index in [0.29, 0.717) is 0 Å². The minimum absolute atomic E-state index is 0.823. The molecule has 0 unspecified atom stereocenters. The number of thiol groups is 1. The quantitative estimate of drug-likeness (QED) is 0.433. The van der Waals surface area contributed by atoms with Crippen molar-refractivity contribution in [1.82, 2.24) is 0 Å². The summed E-state index contributed by atoms with van der Waals surface area (Å²) in [7, 11) is 0. The van der Waals surface area contributed by atoms with Crippen LogP contribution >= 0.6 is 12.6 Å². The number of hydrogen-bond donors (Lipinski definition) is 1. The maximum atomic E-state index is 3.89. The van der Waals surface area contributed by atoms with Crippen molar-refractivity contribution in [2.24, 2.45) is 3.96 Å². The molecule has 0 aromatic rings. The van der Waals surface area contributed by atoms with Gasteiger partial charge < -0.3 is 0 Å². The van der Waals surface area contributed by atoms with Crippen molar-refractivity contribution in [2.75, 3.05) is 12.3 Å². The molecule has 1 nitrogen and oxygen atoms in total. The van der Waals surface area contributed by atoms with Crippen LogP contribution < -0.4 is 0 Å². The van der Waals surface area contributed by atoms with Gasteiger partial charge in [0, 0.05) is 0 Å². The molecule has 5 heavy (non-hydrogen) atoms. The molecule has 0 aliphatic carbocycles. The van der Waals surface area contributed by atoms with Crippen molar-refractivity contribution in [2.45, 2.75) is 0 Å². The Hall–Kier alpha value is 0.669. The SMILES string of the molecule is SCCN=[Se]. The third kappa shape index (κ3) is 4.67. The van der Waals surface area contributed by atoms with Gasteiger partial charge in [0.1, 0.15) is 0 Å². The van der Waals surface area contributed by atoms with Crippen LogP contribution in [0.25, 0.3) is 0 Å². The van der Waals surface area contributed by atoms with Gasteiger partial charge in [0.25, 0.3) is 0 Å². The third-order valence-electron chi connectivity index (χ3n) is 0.191. The van der Waals surface area contributed by atoms with Crippen LogP contribution in [0.15, 0.2) is 3.96 Å². The Balaban J connectivity index is 2.40. The maximum absolute atomic E-state index is 3.89. The summed E-state index contributed by atoms with van der Waals surface area (Å²) in [6.07, 6.45) is 0. The zero-order chi connectivity index (χ0) is 4.12. The molecule has 0 saturated heterocycles. The first-order valence-corrected chi connectivity index (χ1v) is 2.71. The van der Waals surface area contributed by atoms with Crippen LogP contribution in [-0.2, 0) is 0 Å². The fourth-order valence-corrected chi connectivity index (χ4v) is 0.636. The average Bonchev–Trinajstić information content (AvgIpc) is 1.41. The predicted molar refractivity (Wildman–Crippen MR) is 26.9 cm³/mol. The Bertz CT molecular complexity index is 30.8. The van der Waals surface area contributed by atoms with Gasteiger partial charge in [0.15, 0.2) is 0 Å². The van der Waals surface area contributed by atoms with Gasteiger partial charge in [-0.2, -0.15) is 0 Å². The summed E-state index contributed by atoms with van der Waals surface area (Å²) in [5.74, 6) is 0.840. The number of nitrogens with zero attached hydrogens (tertiary/aromatic N) is 1. The molecule has 30 valence electrons. The summed E-state index contributed by atoms with van der Waals surface area (Å²) in [6, 6.07) is 0. The molecule has 3 heteroatoms. The summed E-state index contributed by atoms with van der Waals surface area (Å²) < 4.78 is 3.65. The second-order valence-corrected chi connectivity index (χ2v) is 1.57. The summed E-state index contributed by atoms with van der Waals surface area (Å²) in [5, 5.41) is 0. The van der Waals surface area contributed by atoms with E-state index in [4.69, 9.17) is 0 Å². The fraction of sp³-hybridized carbons (Fsp3) is 1.00. The van der Waals surface area contributed by atoms with Gasteiger partial charge in [-0.1, -0.05) is 0 Å². The van der Waals surface area contributed by atoms with Crippen molar-refractivity contribution >= 4 is 28.4 Å². The Kier molecular flexibility index (Phi) is 5.29. The molecule has 0 aromatic carbocycles. The molecule has 0 amide bonds. The summed E-state index contributed by atoms with van der Waals surface area (Å²) >= 11 is 6.41. The molecule has 0 aromatic heterocycles. The zero-order valence-corrected chi connectivity index (χ0v) is 5.32. The van der Waals surface area contributed by atoms with Crippen molar-refractivity contribution in [3.8, 4) is 0 Å². The Morgan fingerprint density at radius 2 is 2.40 bits per heavy atom. The van der Waals surface area contributed by atoms with E-state index in [1.165, 1.54) is 0 Å². The minimum atomic E-state index is 0.823. The first-order chi connectivity index (χ1) is 2.41. The first kappa shape index (κ1) is 5.67. The molecular formula is C2H5NSSe. The number of rotatable bonds is 2. The van der Waals surface area contributed by atoms with E-state index < -0.39 is 0 Å². The average molecular weight is 154 g/mol. The van der Waals surface area contributed by atoms with E-state index in [1.54, 1.807) is 0 Å². The summed E-state index contributed by atoms with van der Waals surface area (Å²) in [4.78, 5) is 0. The van der Waals surface area contributed by atoms with Crippen LogP contribution in [0.2, 0.25) is 0 Å². The summed E-state index contributed by atoms with van der Waals surface area (Å²) in [6.45, 7) is 0.823. The van der Waals surface area contributed by atoms with Crippen LogP contribution in [0, 0.1) is 0 Å². The van der Waals surface area contributed by atoms with Gasteiger partial charge in [-0.3, -0.25) is 0 Å². The normalized spacial score (nSPS) is 7.40. The van der Waals surface area contributed by atoms with Crippen molar-refractivity contribution in [1.29, 1.82) is 0 Å². The van der Waals surface area contributed by atoms with E-state index >= 15 is 0 Å². The molecule has 0 bridgehead atoms. The second-order valence-electron chi connectivity index (χ2n) is 0.576. The van der Waals surface area contributed by atoms with Gasteiger partial charge >= 0.3 is 44.7 Å². The molecular weight excluding hydrogens is 149 g/mol. The molecule has 0 rings (SSSR count). The predicted octanol–water partition coefficient (Wildman–Crippen LogP) is 0.268. The standard InChI is InChI=1S/C2H5NSSe/c4-2-1-3-5/h4H,1-2H2. The third-order valence-corrected chi connectivity index (χ3v) is 0.774. The van der Waals surface area contributed by atoms with Crippen LogP contribution in [-0.4, -0.2) is 28.1 Å². The molecule has 0 radical (unpaired) electrons. The van der Waals surface area contributed by atoms with E-state index in [0.717, 1.165) is 12.3 Å². The summed E-state index contributed by atoms with van der Waals surface area (Å²) in [5.41, 5.74) is 0. The first-order valence-electron chi connectivity index (χ1n) is 1.32. The van der Waals surface area contributed by atoms with Crippen LogP contribution in [0.5, 0.6) is 0 Å². The monoisotopic (exact) mass is 155 g/mol. The van der Waals surface area contributed by atoms with Gasteiger partial charge in [-0.25, -0.2) is 0 Å². The van der Waals surface area contributed by atoms with Crippen molar-refractivity contribution < 1.29 is 0 Å². The Morgan fingerprint density at radius 1 is 1.80 bits per heavy atom. The van der Waals surface area contributed by atoms with Gasteiger partial charge in [0.2, 0.25) is 0 Å². The number of hydrogen-bond acceptors (Lipinski definition) is 2. The van der Waals surface area contributed by atoms with E-state index in [1.807, 2.05) is 0 Å². The molecule has 0 aliphatic rings. The molecule has 0 atom stereocenters. The van der Waals surface area contributed by atoms with Gasteiger partial charge in [-0.05, 0) is 0 Å². The van der Waals surface area contributed by atoms with Gasteiger partial charge in [0.05, 0.1) is 0 Å². The van der Waals surface area contributed by atoms with Crippen LogP contribution in [0.3, 0.4) is 0 Å². The molecule has 0 N–H and O–H groups in total. The molecule has 0 aliphatic heterocycles. The fourth-order valence-electron chi connectivity index (χ4n) is 0.0408. The van der Waals surface area contributed by atoms with E-state index in [9.17, 15) is 0 Å². The Labute approximate surface area is 45.2 Å². The molecule has 0 fully saturated rings. The molecule has 0 saturated carbocycles. The van der Waals surface area contributed by atoms with E-state index in [-0.39, 0.29) is 0 Å². The zero-order valence-electron chi connectivity index (χ0n) is 2.72. The van der Waals surface area contributed by atoms with Crippen LogP contribution in [0.1, 0.15) is 0 Å². The van der Waals surface area contributed by atoms with Crippen molar-refractivity contribution in [3.63, 3.8) is 0 Å². The Morgan fingerprint density at radius 3 is 2.40 bits per heavy atom.